The third kappa shape index (κ3) is 2.86. The lowest BCUT2D eigenvalue weighted by Gasteiger charge is -2.35. The largest absolute Gasteiger partial charge is 0.330 e. The summed E-state index contributed by atoms with van der Waals surface area (Å²) in [6, 6.07) is -0.566. The van der Waals surface area contributed by atoms with Gasteiger partial charge in [0, 0.05) is 6.54 Å². The zero-order valence-electron chi connectivity index (χ0n) is 12.6. The van der Waals surface area contributed by atoms with E-state index in [9.17, 15) is 14.4 Å². The molecule has 1 heterocycles. The standard InChI is InChI=1S/C15H24N2O3/c1-10-4-6-11(7-5-10)8-9-17-13(19)15(2,3)12(18)16-14(17)20/h10-11H,4-9H2,1-3H3,(H,16,18,20). The molecule has 4 amide bonds. The van der Waals surface area contributed by atoms with E-state index in [0.29, 0.717) is 12.5 Å². The van der Waals surface area contributed by atoms with E-state index in [1.165, 1.54) is 30.6 Å². The van der Waals surface area contributed by atoms with Crippen molar-refractivity contribution < 1.29 is 14.4 Å². The van der Waals surface area contributed by atoms with Crippen LogP contribution in [-0.2, 0) is 9.59 Å². The summed E-state index contributed by atoms with van der Waals surface area (Å²) < 4.78 is 0. The van der Waals surface area contributed by atoms with Crippen LogP contribution in [0.15, 0.2) is 0 Å². The summed E-state index contributed by atoms with van der Waals surface area (Å²) in [4.78, 5) is 36.9. The smallest absolute Gasteiger partial charge is 0.277 e. The van der Waals surface area contributed by atoms with E-state index < -0.39 is 17.4 Å². The van der Waals surface area contributed by atoms with Gasteiger partial charge in [-0.05, 0) is 32.1 Å². The molecule has 2 aliphatic rings. The van der Waals surface area contributed by atoms with Crippen molar-refractivity contribution in [3.8, 4) is 0 Å². The number of carbonyl (C=O) groups is 3. The van der Waals surface area contributed by atoms with Crippen LogP contribution in [0.5, 0.6) is 0 Å². The molecular formula is C15H24N2O3. The van der Waals surface area contributed by atoms with Gasteiger partial charge in [0.2, 0.25) is 11.8 Å². The molecule has 0 spiro atoms. The fraction of sp³-hybridized carbons (Fsp3) is 0.800. The molecule has 0 atom stereocenters. The maximum Gasteiger partial charge on any atom is 0.330 e. The number of amides is 4. The van der Waals surface area contributed by atoms with Gasteiger partial charge in [-0.3, -0.25) is 19.8 Å². The first-order valence-electron chi connectivity index (χ1n) is 7.49. The first-order valence-corrected chi connectivity index (χ1v) is 7.49. The molecule has 1 saturated carbocycles. The topological polar surface area (TPSA) is 66.5 Å². The third-order valence-corrected chi connectivity index (χ3v) is 4.71. The van der Waals surface area contributed by atoms with Crippen molar-refractivity contribution in [3.63, 3.8) is 0 Å². The van der Waals surface area contributed by atoms with Crippen LogP contribution in [0.25, 0.3) is 0 Å². The minimum atomic E-state index is -1.14. The SMILES string of the molecule is CC1CCC(CCN2C(=O)NC(=O)C(C)(C)C2=O)CC1. The summed E-state index contributed by atoms with van der Waals surface area (Å²) in [5.74, 6) is 0.501. The van der Waals surface area contributed by atoms with Gasteiger partial charge in [-0.15, -0.1) is 0 Å². The van der Waals surface area contributed by atoms with Crippen LogP contribution in [0.2, 0.25) is 0 Å². The van der Waals surface area contributed by atoms with E-state index in [0.717, 1.165) is 12.3 Å². The van der Waals surface area contributed by atoms with Gasteiger partial charge in [0.25, 0.3) is 0 Å². The molecule has 0 aromatic rings. The zero-order chi connectivity index (χ0) is 14.9. The minimum absolute atomic E-state index is 0.379. The van der Waals surface area contributed by atoms with Crippen molar-refractivity contribution in [2.24, 2.45) is 17.3 Å². The van der Waals surface area contributed by atoms with Gasteiger partial charge < -0.3 is 0 Å². The van der Waals surface area contributed by atoms with E-state index in [-0.39, 0.29) is 5.91 Å². The Hall–Kier alpha value is -1.39. The molecular weight excluding hydrogens is 256 g/mol. The van der Waals surface area contributed by atoms with E-state index in [1.807, 2.05) is 0 Å². The molecule has 5 heteroatoms. The molecule has 0 aromatic heterocycles. The summed E-state index contributed by atoms with van der Waals surface area (Å²) in [6.45, 7) is 5.81. The van der Waals surface area contributed by atoms with E-state index in [1.54, 1.807) is 13.8 Å². The van der Waals surface area contributed by atoms with Gasteiger partial charge >= 0.3 is 6.03 Å². The maximum absolute atomic E-state index is 12.2. The van der Waals surface area contributed by atoms with Crippen LogP contribution in [-0.4, -0.2) is 29.3 Å². The van der Waals surface area contributed by atoms with E-state index >= 15 is 0 Å². The zero-order valence-corrected chi connectivity index (χ0v) is 12.6. The van der Waals surface area contributed by atoms with Crippen LogP contribution < -0.4 is 5.32 Å². The lowest BCUT2D eigenvalue weighted by atomic mass is 9.81. The lowest BCUT2D eigenvalue weighted by molar-refractivity contribution is -0.149. The van der Waals surface area contributed by atoms with Gasteiger partial charge in [-0.1, -0.05) is 32.6 Å². The molecule has 2 rings (SSSR count). The van der Waals surface area contributed by atoms with Crippen LogP contribution in [0.4, 0.5) is 4.79 Å². The number of hydrogen-bond acceptors (Lipinski definition) is 3. The quantitative estimate of drug-likeness (QED) is 0.807. The Balaban J connectivity index is 1.93. The highest BCUT2D eigenvalue weighted by molar-refractivity contribution is 6.18. The Kier molecular flexibility index (Phi) is 4.16. The fourth-order valence-corrected chi connectivity index (χ4v) is 2.98. The maximum atomic E-state index is 12.2. The summed E-state index contributed by atoms with van der Waals surface area (Å²) in [5, 5.41) is 2.27. The number of rotatable bonds is 3. The Morgan fingerprint density at radius 1 is 1.15 bits per heavy atom. The number of nitrogens with zero attached hydrogens (tertiary/aromatic N) is 1. The second kappa shape index (κ2) is 5.54. The molecule has 1 N–H and O–H groups in total. The molecule has 5 nitrogen and oxygen atoms in total. The molecule has 0 radical (unpaired) electrons. The van der Waals surface area contributed by atoms with Crippen LogP contribution in [0.3, 0.4) is 0 Å². The second-order valence-electron chi connectivity index (χ2n) is 6.76. The van der Waals surface area contributed by atoms with Crippen LogP contribution in [0, 0.1) is 17.3 Å². The third-order valence-electron chi connectivity index (χ3n) is 4.71. The van der Waals surface area contributed by atoms with Crippen molar-refractivity contribution in [2.75, 3.05) is 6.54 Å². The van der Waals surface area contributed by atoms with Crippen molar-refractivity contribution >= 4 is 17.8 Å². The Bertz CT molecular complexity index is 423. The first kappa shape index (κ1) is 15.0. The molecule has 0 unspecified atom stereocenters. The van der Waals surface area contributed by atoms with Crippen molar-refractivity contribution in [2.45, 2.75) is 52.9 Å². The summed E-state index contributed by atoms with van der Waals surface area (Å²) in [6.07, 6.45) is 5.65. The number of imide groups is 2. The molecule has 1 aliphatic heterocycles. The average Bonchev–Trinajstić information content (AvgIpc) is 2.39. The molecule has 0 aromatic carbocycles. The molecule has 112 valence electrons. The summed E-state index contributed by atoms with van der Waals surface area (Å²) in [5.41, 5.74) is -1.14. The number of barbiturate groups is 1. The highest BCUT2D eigenvalue weighted by Crippen LogP contribution is 2.31. The average molecular weight is 280 g/mol. The molecule has 1 aliphatic carbocycles. The number of hydrogen-bond donors (Lipinski definition) is 1. The van der Waals surface area contributed by atoms with Crippen molar-refractivity contribution in [1.29, 1.82) is 0 Å². The highest BCUT2D eigenvalue weighted by atomic mass is 16.2. The Labute approximate surface area is 120 Å². The molecule has 20 heavy (non-hydrogen) atoms. The van der Waals surface area contributed by atoms with E-state index in [2.05, 4.69) is 12.2 Å². The van der Waals surface area contributed by atoms with Gasteiger partial charge in [0.05, 0.1) is 0 Å². The van der Waals surface area contributed by atoms with Crippen LogP contribution in [0.1, 0.15) is 52.9 Å². The fourth-order valence-electron chi connectivity index (χ4n) is 2.98. The monoisotopic (exact) mass is 280 g/mol. The van der Waals surface area contributed by atoms with Gasteiger partial charge in [-0.25, -0.2) is 4.79 Å². The summed E-state index contributed by atoms with van der Waals surface area (Å²) in [7, 11) is 0. The van der Waals surface area contributed by atoms with Gasteiger partial charge in [-0.2, -0.15) is 0 Å². The molecule has 1 saturated heterocycles. The van der Waals surface area contributed by atoms with Crippen LogP contribution >= 0.6 is 0 Å². The predicted octanol–water partition coefficient (Wildman–Crippen LogP) is 2.31. The van der Waals surface area contributed by atoms with Gasteiger partial charge in [0.1, 0.15) is 5.41 Å². The number of urea groups is 1. The summed E-state index contributed by atoms with van der Waals surface area (Å²) >= 11 is 0. The lowest BCUT2D eigenvalue weighted by Crippen LogP contribution is -2.62. The van der Waals surface area contributed by atoms with Gasteiger partial charge in [0.15, 0.2) is 0 Å². The normalized spacial score (nSPS) is 30.4. The Morgan fingerprint density at radius 2 is 1.75 bits per heavy atom. The Morgan fingerprint density at radius 3 is 2.35 bits per heavy atom. The van der Waals surface area contributed by atoms with E-state index in [4.69, 9.17) is 0 Å². The predicted molar refractivity (Wildman–Crippen MR) is 74.8 cm³/mol. The highest BCUT2D eigenvalue weighted by Gasteiger charge is 2.46. The van der Waals surface area contributed by atoms with Crippen molar-refractivity contribution in [3.05, 3.63) is 0 Å². The minimum Gasteiger partial charge on any atom is -0.277 e. The molecule has 2 fully saturated rings. The number of nitrogens with one attached hydrogen (secondary N) is 1. The second-order valence-corrected chi connectivity index (χ2v) is 6.76. The number of carbonyl (C=O) groups excluding carboxylic acids is 3. The molecule has 0 bridgehead atoms. The first-order chi connectivity index (χ1) is 9.32. The van der Waals surface area contributed by atoms with Crippen molar-refractivity contribution in [1.82, 2.24) is 10.2 Å².